The van der Waals surface area contributed by atoms with Crippen molar-refractivity contribution in [2.24, 2.45) is 5.73 Å². The monoisotopic (exact) mass is 354 g/mol. The summed E-state index contributed by atoms with van der Waals surface area (Å²) in [5.41, 5.74) is 4.41. The maximum absolute atomic E-state index is 13.5. The number of esters is 1. The third kappa shape index (κ3) is 5.53. The van der Waals surface area contributed by atoms with Crippen LogP contribution in [0.4, 0.5) is 4.39 Å². The van der Waals surface area contributed by atoms with Gasteiger partial charge in [-0.15, -0.1) is 12.4 Å². The number of carbonyl (C=O) groups excluding carboxylic acids is 1. The summed E-state index contributed by atoms with van der Waals surface area (Å²) in [4.78, 5) is 11.2. The van der Waals surface area contributed by atoms with Crippen LogP contribution in [-0.2, 0) is 14.8 Å². The summed E-state index contributed by atoms with van der Waals surface area (Å²) in [5.74, 6) is -1.63. The van der Waals surface area contributed by atoms with Gasteiger partial charge in [0.25, 0.3) is 0 Å². The van der Waals surface area contributed by atoms with Gasteiger partial charge in [-0.2, -0.15) is 0 Å². The summed E-state index contributed by atoms with van der Waals surface area (Å²) in [6, 6.07) is 2.82. The second kappa shape index (κ2) is 7.87. The second-order valence-electron chi connectivity index (χ2n) is 5.09. The molecule has 0 aromatic heterocycles. The molecule has 0 spiro atoms. The average molecular weight is 355 g/mol. The van der Waals surface area contributed by atoms with Gasteiger partial charge in [-0.05, 0) is 39.0 Å². The fraction of sp³-hybridized carbons (Fsp3) is 0.462. The molecule has 9 heteroatoms. The van der Waals surface area contributed by atoms with E-state index in [9.17, 15) is 17.6 Å². The van der Waals surface area contributed by atoms with Crippen molar-refractivity contribution in [3.8, 4) is 0 Å². The number of benzene rings is 1. The van der Waals surface area contributed by atoms with Crippen molar-refractivity contribution in [3.05, 3.63) is 29.6 Å². The molecule has 22 heavy (non-hydrogen) atoms. The van der Waals surface area contributed by atoms with Crippen molar-refractivity contribution in [2.75, 3.05) is 13.2 Å². The molecule has 0 fully saturated rings. The molecule has 0 atom stereocenters. The largest absolute Gasteiger partial charge is 0.462 e. The standard InChI is InChI=1S/C13H19FN2O4S.ClH/c1-4-20-12(17)9-5-10(14)7-11(6-9)21(18,19)16-13(2,3)8-15;/h5-7,16H,4,8,15H2,1-3H3;1H. The van der Waals surface area contributed by atoms with Gasteiger partial charge in [0.15, 0.2) is 0 Å². The van der Waals surface area contributed by atoms with Crippen LogP contribution in [0.15, 0.2) is 23.1 Å². The van der Waals surface area contributed by atoms with Gasteiger partial charge in [-0.25, -0.2) is 22.3 Å². The third-order valence-electron chi connectivity index (χ3n) is 2.61. The second-order valence-corrected chi connectivity index (χ2v) is 6.77. The summed E-state index contributed by atoms with van der Waals surface area (Å²) >= 11 is 0. The molecule has 3 N–H and O–H groups in total. The van der Waals surface area contributed by atoms with Crippen LogP contribution < -0.4 is 10.5 Å². The van der Waals surface area contributed by atoms with Gasteiger partial charge in [0, 0.05) is 12.1 Å². The summed E-state index contributed by atoms with van der Waals surface area (Å²) < 4.78 is 45.0. The van der Waals surface area contributed by atoms with Crippen LogP contribution in [0.5, 0.6) is 0 Å². The molecule has 0 aliphatic rings. The molecule has 0 heterocycles. The smallest absolute Gasteiger partial charge is 0.338 e. The first-order valence-electron chi connectivity index (χ1n) is 6.33. The van der Waals surface area contributed by atoms with E-state index in [2.05, 4.69) is 4.72 Å². The van der Waals surface area contributed by atoms with Crippen LogP contribution in [0, 0.1) is 5.82 Å². The molecule has 0 saturated carbocycles. The van der Waals surface area contributed by atoms with Crippen molar-refractivity contribution < 1.29 is 22.3 Å². The van der Waals surface area contributed by atoms with Gasteiger partial charge in [-0.1, -0.05) is 0 Å². The highest BCUT2D eigenvalue weighted by Crippen LogP contribution is 2.17. The zero-order chi connectivity index (χ0) is 16.3. The number of hydrogen-bond acceptors (Lipinski definition) is 5. The summed E-state index contributed by atoms with van der Waals surface area (Å²) in [5, 5.41) is 0. The minimum Gasteiger partial charge on any atom is -0.462 e. The lowest BCUT2D eigenvalue weighted by Gasteiger charge is -2.24. The Bertz CT molecular complexity index is 635. The lowest BCUT2D eigenvalue weighted by molar-refractivity contribution is 0.0525. The maximum atomic E-state index is 13.5. The molecule has 0 aliphatic carbocycles. The number of hydrogen-bond donors (Lipinski definition) is 2. The number of ether oxygens (including phenoxy) is 1. The van der Waals surface area contributed by atoms with E-state index >= 15 is 0 Å². The molecule has 0 aliphatic heterocycles. The summed E-state index contributed by atoms with van der Waals surface area (Å²) in [6.45, 7) is 4.95. The van der Waals surface area contributed by atoms with Crippen LogP contribution >= 0.6 is 12.4 Å². The molecule has 1 rings (SSSR count). The number of rotatable bonds is 6. The van der Waals surface area contributed by atoms with E-state index in [0.29, 0.717) is 0 Å². The van der Waals surface area contributed by atoms with Crippen LogP contribution in [0.2, 0.25) is 0 Å². The van der Waals surface area contributed by atoms with E-state index in [1.807, 2.05) is 0 Å². The first-order valence-corrected chi connectivity index (χ1v) is 7.81. The average Bonchev–Trinajstić information content (AvgIpc) is 2.37. The van der Waals surface area contributed by atoms with Gasteiger partial charge in [0.05, 0.1) is 17.1 Å². The zero-order valence-corrected chi connectivity index (χ0v) is 14.2. The minimum absolute atomic E-state index is 0. The highest BCUT2D eigenvalue weighted by molar-refractivity contribution is 7.89. The van der Waals surface area contributed by atoms with Gasteiger partial charge < -0.3 is 10.5 Å². The summed E-state index contributed by atoms with van der Waals surface area (Å²) in [7, 11) is -4.00. The van der Waals surface area contributed by atoms with E-state index in [4.69, 9.17) is 10.5 Å². The molecule has 0 amide bonds. The van der Waals surface area contributed by atoms with E-state index < -0.39 is 27.3 Å². The van der Waals surface area contributed by atoms with Gasteiger partial charge in [0.2, 0.25) is 10.0 Å². The van der Waals surface area contributed by atoms with Crippen LogP contribution in [0.1, 0.15) is 31.1 Å². The minimum atomic E-state index is -4.00. The molecule has 126 valence electrons. The molecule has 0 bridgehead atoms. The number of carbonyl (C=O) groups is 1. The van der Waals surface area contributed by atoms with Crippen LogP contribution in [0.25, 0.3) is 0 Å². The Labute approximate surface area is 135 Å². The van der Waals surface area contributed by atoms with Crippen molar-refractivity contribution in [1.82, 2.24) is 4.72 Å². The fourth-order valence-electron chi connectivity index (χ4n) is 1.51. The lowest BCUT2D eigenvalue weighted by atomic mass is 10.1. The van der Waals surface area contributed by atoms with Crippen LogP contribution in [-0.4, -0.2) is 33.1 Å². The van der Waals surface area contributed by atoms with Crippen molar-refractivity contribution in [1.29, 1.82) is 0 Å². The topological polar surface area (TPSA) is 98.5 Å². The molecular formula is C13H20ClFN2O4S. The van der Waals surface area contributed by atoms with E-state index in [1.54, 1.807) is 20.8 Å². The van der Waals surface area contributed by atoms with Gasteiger partial charge in [0.1, 0.15) is 5.82 Å². The highest BCUT2D eigenvalue weighted by atomic mass is 35.5. The molecule has 6 nitrogen and oxygen atoms in total. The molecule has 0 saturated heterocycles. The Hall–Kier alpha value is -1.22. The van der Waals surface area contributed by atoms with Gasteiger partial charge >= 0.3 is 5.97 Å². The first kappa shape index (κ1) is 20.8. The van der Waals surface area contributed by atoms with E-state index in [0.717, 1.165) is 18.2 Å². The van der Waals surface area contributed by atoms with Gasteiger partial charge in [-0.3, -0.25) is 0 Å². The normalized spacial score (nSPS) is 11.7. The zero-order valence-electron chi connectivity index (χ0n) is 12.6. The van der Waals surface area contributed by atoms with Crippen LogP contribution in [0.3, 0.4) is 0 Å². The predicted molar refractivity (Wildman–Crippen MR) is 83.1 cm³/mol. The Morgan fingerprint density at radius 2 is 1.95 bits per heavy atom. The lowest BCUT2D eigenvalue weighted by Crippen LogP contribution is -2.48. The number of nitrogens with two attached hydrogens (primary N) is 1. The molecule has 0 radical (unpaired) electrons. The third-order valence-corrected chi connectivity index (χ3v) is 4.29. The van der Waals surface area contributed by atoms with Crippen molar-refractivity contribution in [2.45, 2.75) is 31.2 Å². The number of sulfonamides is 1. The molecule has 1 aromatic carbocycles. The summed E-state index contributed by atoms with van der Waals surface area (Å²) in [6.07, 6.45) is 0. The highest BCUT2D eigenvalue weighted by Gasteiger charge is 2.26. The Balaban J connectivity index is 0.00000441. The SMILES string of the molecule is CCOC(=O)c1cc(F)cc(S(=O)(=O)NC(C)(C)CN)c1.Cl. The maximum Gasteiger partial charge on any atom is 0.338 e. The molecule has 0 unspecified atom stereocenters. The Kier molecular flexibility index (Phi) is 7.43. The fourth-order valence-corrected chi connectivity index (χ4v) is 2.99. The number of halogens is 2. The Morgan fingerprint density at radius 1 is 1.36 bits per heavy atom. The van der Waals surface area contributed by atoms with Crippen molar-refractivity contribution in [3.63, 3.8) is 0 Å². The first-order chi connectivity index (χ1) is 9.61. The van der Waals surface area contributed by atoms with Crippen molar-refractivity contribution >= 4 is 28.4 Å². The quantitative estimate of drug-likeness (QED) is 0.753. The van der Waals surface area contributed by atoms with E-state index in [-0.39, 0.29) is 36.0 Å². The molecular weight excluding hydrogens is 335 g/mol. The Morgan fingerprint density at radius 3 is 2.45 bits per heavy atom. The predicted octanol–water partition coefficient (Wildman–Crippen LogP) is 1.44. The van der Waals surface area contributed by atoms with E-state index in [1.165, 1.54) is 0 Å². The molecule has 1 aromatic rings. The number of nitrogens with one attached hydrogen (secondary N) is 1.